The molecule has 1 aliphatic heterocycles. The molecule has 1 heterocycles. The summed E-state index contributed by atoms with van der Waals surface area (Å²) in [6.07, 6.45) is 7.61. The van der Waals surface area contributed by atoms with Crippen LogP contribution in [0, 0.1) is 5.92 Å². The molecular weight excluding hydrogens is 276 g/mol. The van der Waals surface area contributed by atoms with E-state index < -0.39 is 0 Å². The molecule has 1 saturated heterocycles. The van der Waals surface area contributed by atoms with E-state index in [1.807, 2.05) is 11.8 Å². The Morgan fingerprint density at radius 2 is 2.05 bits per heavy atom. The van der Waals surface area contributed by atoms with Gasteiger partial charge in [0.1, 0.15) is 0 Å². The molecule has 21 heavy (non-hydrogen) atoms. The quantitative estimate of drug-likeness (QED) is 0.780. The zero-order chi connectivity index (χ0) is 14.5. The monoisotopic (exact) mass is 304 g/mol. The van der Waals surface area contributed by atoms with Crippen LogP contribution >= 0.6 is 11.8 Å². The summed E-state index contributed by atoms with van der Waals surface area (Å²) in [5.74, 6) is 2.25. The van der Waals surface area contributed by atoms with Crippen LogP contribution in [0.25, 0.3) is 0 Å². The molecule has 0 spiro atoms. The molecule has 0 radical (unpaired) electrons. The standard InChI is InChI=1S/C18H28N2S/c1-21-11-5-10-20-14-18(16-8-9-16)19-13-17(20)12-15-6-3-2-4-7-15/h2-4,6-7,16-19H,5,8-14H2,1H3. The van der Waals surface area contributed by atoms with E-state index in [0.717, 1.165) is 18.5 Å². The van der Waals surface area contributed by atoms with Gasteiger partial charge in [-0.2, -0.15) is 11.8 Å². The molecule has 1 aromatic carbocycles. The Kier molecular flexibility index (Phi) is 5.61. The third kappa shape index (κ3) is 4.48. The van der Waals surface area contributed by atoms with Gasteiger partial charge in [-0.15, -0.1) is 0 Å². The first-order chi connectivity index (χ1) is 10.4. The molecule has 0 aromatic heterocycles. The van der Waals surface area contributed by atoms with E-state index in [1.165, 1.54) is 50.1 Å². The van der Waals surface area contributed by atoms with Crippen molar-refractivity contribution in [3.63, 3.8) is 0 Å². The van der Waals surface area contributed by atoms with Crippen LogP contribution in [0.1, 0.15) is 24.8 Å². The molecule has 1 saturated carbocycles. The van der Waals surface area contributed by atoms with Gasteiger partial charge in [0.05, 0.1) is 0 Å². The number of piperazine rings is 1. The first kappa shape index (κ1) is 15.4. The molecule has 3 rings (SSSR count). The van der Waals surface area contributed by atoms with Gasteiger partial charge in [-0.3, -0.25) is 4.90 Å². The summed E-state index contributed by atoms with van der Waals surface area (Å²) in [6.45, 7) is 3.69. The second-order valence-corrected chi connectivity index (χ2v) is 7.52. The molecule has 2 unspecified atom stereocenters. The van der Waals surface area contributed by atoms with Crippen LogP contribution < -0.4 is 5.32 Å². The topological polar surface area (TPSA) is 15.3 Å². The van der Waals surface area contributed by atoms with E-state index in [-0.39, 0.29) is 0 Å². The maximum atomic E-state index is 3.82. The number of thioether (sulfide) groups is 1. The van der Waals surface area contributed by atoms with Crippen LogP contribution in [0.2, 0.25) is 0 Å². The summed E-state index contributed by atoms with van der Waals surface area (Å²) in [6, 6.07) is 12.4. The van der Waals surface area contributed by atoms with E-state index in [4.69, 9.17) is 0 Å². The van der Waals surface area contributed by atoms with Crippen molar-refractivity contribution in [2.75, 3.05) is 31.6 Å². The Morgan fingerprint density at radius 3 is 2.76 bits per heavy atom. The maximum Gasteiger partial charge on any atom is 0.0261 e. The first-order valence-electron chi connectivity index (χ1n) is 8.37. The minimum atomic E-state index is 0.671. The minimum absolute atomic E-state index is 0.671. The van der Waals surface area contributed by atoms with Gasteiger partial charge in [-0.1, -0.05) is 30.3 Å². The Bertz CT molecular complexity index is 418. The second kappa shape index (κ2) is 7.66. The minimum Gasteiger partial charge on any atom is -0.311 e. The van der Waals surface area contributed by atoms with Crippen LogP contribution in [0.3, 0.4) is 0 Å². The summed E-state index contributed by atoms with van der Waals surface area (Å²) < 4.78 is 0. The highest BCUT2D eigenvalue weighted by Gasteiger charge is 2.36. The van der Waals surface area contributed by atoms with Crippen molar-refractivity contribution < 1.29 is 0 Å². The van der Waals surface area contributed by atoms with Crippen molar-refractivity contribution in [3.8, 4) is 0 Å². The Morgan fingerprint density at radius 1 is 1.24 bits per heavy atom. The highest BCUT2D eigenvalue weighted by atomic mass is 32.2. The van der Waals surface area contributed by atoms with Gasteiger partial charge in [-0.05, 0) is 55.7 Å². The first-order valence-corrected chi connectivity index (χ1v) is 9.76. The lowest BCUT2D eigenvalue weighted by Gasteiger charge is -2.41. The summed E-state index contributed by atoms with van der Waals surface area (Å²) in [5, 5.41) is 3.82. The summed E-state index contributed by atoms with van der Waals surface area (Å²) in [4.78, 5) is 2.77. The Balaban J connectivity index is 1.59. The van der Waals surface area contributed by atoms with Gasteiger partial charge in [0.25, 0.3) is 0 Å². The summed E-state index contributed by atoms with van der Waals surface area (Å²) >= 11 is 1.97. The highest BCUT2D eigenvalue weighted by molar-refractivity contribution is 7.98. The molecule has 116 valence electrons. The number of nitrogens with one attached hydrogen (secondary N) is 1. The van der Waals surface area contributed by atoms with Gasteiger partial charge in [-0.25, -0.2) is 0 Å². The van der Waals surface area contributed by atoms with Gasteiger partial charge < -0.3 is 5.32 Å². The number of nitrogens with zero attached hydrogens (tertiary/aromatic N) is 1. The molecule has 1 aliphatic carbocycles. The van der Waals surface area contributed by atoms with Gasteiger partial charge in [0.15, 0.2) is 0 Å². The van der Waals surface area contributed by atoms with Crippen molar-refractivity contribution in [2.24, 2.45) is 5.92 Å². The normalized spacial score (nSPS) is 26.9. The van der Waals surface area contributed by atoms with E-state index in [9.17, 15) is 0 Å². The predicted octanol–water partition coefficient (Wildman–Crippen LogP) is 3.03. The highest BCUT2D eigenvalue weighted by Crippen LogP contribution is 2.34. The van der Waals surface area contributed by atoms with Crippen molar-refractivity contribution in [1.29, 1.82) is 0 Å². The molecule has 0 bridgehead atoms. The summed E-state index contributed by atoms with van der Waals surface area (Å²) in [5.41, 5.74) is 1.48. The van der Waals surface area contributed by atoms with Crippen LogP contribution in [-0.4, -0.2) is 48.6 Å². The second-order valence-electron chi connectivity index (χ2n) is 6.54. The molecule has 1 N–H and O–H groups in total. The van der Waals surface area contributed by atoms with Crippen LogP contribution in [0.15, 0.2) is 30.3 Å². The number of rotatable bonds is 7. The molecular formula is C18H28N2S. The Hall–Kier alpha value is -0.510. The van der Waals surface area contributed by atoms with E-state index in [0.29, 0.717) is 6.04 Å². The van der Waals surface area contributed by atoms with Crippen LogP contribution in [0.5, 0.6) is 0 Å². The lowest BCUT2D eigenvalue weighted by molar-refractivity contribution is 0.122. The summed E-state index contributed by atoms with van der Waals surface area (Å²) in [7, 11) is 0. The van der Waals surface area contributed by atoms with Crippen LogP contribution in [-0.2, 0) is 6.42 Å². The molecule has 0 amide bonds. The van der Waals surface area contributed by atoms with Gasteiger partial charge in [0, 0.05) is 25.2 Å². The van der Waals surface area contributed by atoms with Gasteiger partial charge in [0.2, 0.25) is 0 Å². The zero-order valence-corrected chi connectivity index (χ0v) is 13.9. The fourth-order valence-electron chi connectivity index (χ4n) is 3.47. The fourth-order valence-corrected chi connectivity index (χ4v) is 3.89. The SMILES string of the molecule is CSCCCN1CC(C2CC2)NCC1Cc1ccccc1. The average Bonchev–Trinajstić information content (AvgIpc) is 3.35. The zero-order valence-electron chi connectivity index (χ0n) is 13.1. The molecule has 2 nitrogen and oxygen atoms in total. The van der Waals surface area contributed by atoms with Crippen molar-refractivity contribution in [1.82, 2.24) is 10.2 Å². The largest absolute Gasteiger partial charge is 0.311 e. The predicted molar refractivity (Wildman–Crippen MR) is 93.0 cm³/mol. The number of benzene rings is 1. The van der Waals surface area contributed by atoms with E-state index in [2.05, 4.69) is 46.8 Å². The molecule has 1 aromatic rings. The molecule has 3 heteroatoms. The van der Waals surface area contributed by atoms with E-state index in [1.54, 1.807) is 0 Å². The third-order valence-electron chi connectivity index (χ3n) is 4.86. The van der Waals surface area contributed by atoms with Crippen molar-refractivity contribution in [2.45, 2.75) is 37.8 Å². The number of hydrogen-bond donors (Lipinski definition) is 1. The van der Waals surface area contributed by atoms with E-state index >= 15 is 0 Å². The van der Waals surface area contributed by atoms with Crippen molar-refractivity contribution >= 4 is 11.8 Å². The van der Waals surface area contributed by atoms with Gasteiger partial charge >= 0.3 is 0 Å². The lowest BCUT2D eigenvalue weighted by atomic mass is 9.99. The van der Waals surface area contributed by atoms with Crippen LogP contribution in [0.4, 0.5) is 0 Å². The lowest BCUT2D eigenvalue weighted by Crippen LogP contribution is -2.58. The molecule has 2 atom stereocenters. The molecule has 2 aliphatic rings. The maximum absolute atomic E-state index is 3.82. The van der Waals surface area contributed by atoms with Crippen molar-refractivity contribution in [3.05, 3.63) is 35.9 Å². The smallest absolute Gasteiger partial charge is 0.0261 e. The fraction of sp³-hybridized carbons (Fsp3) is 0.667. The number of hydrogen-bond acceptors (Lipinski definition) is 3. The molecule has 2 fully saturated rings. The Labute approximate surface area is 133 Å². The average molecular weight is 305 g/mol. The third-order valence-corrected chi connectivity index (χ3v) is 5.56.